The second-order valence-corrected chi connectivity index (χ2v) is 6.71. The largest absolute Gasteiger partial charge is 0.493 e. The van der Waals surface area contributed by atoms with Crippen molar-refractivity contribution in [1.82, 2.24) is 4.90 Å². The van der Waals surface area contributed by atoms with Crippen LogP contribution in [0.3, 0.4) is 0 Å². The quantitative estimate of drug-likeness (QED) is 0.902. The molecule has 1 saturated heterocycles. The fraction of sp³-hybridized carbons (Fsp3) is 0.667. The van der Waals surface area contributed by atoms with E-state index in [1.807, 2.05) is 6.07 Å². The Balaban J connectivity index is 1.78. The van der Waals surface area contributed by atoms with Crippen LogP contribution in [-0.4, -0.2) is 45.4 Å². The van der Waals surface area contributed by atoms with E-state index in [-0.39, 0.29) is 0 Å². The van der Waals surface area contributed by atoms with Crippen LogP contribution >= 0.6 is 0 Å². The monoisotopic (exact) mass is 320 g/mol. The molecule has 2 fully saturated rings. The number of benzene rings is 1. The standard InChI is InChI=1S/C18H28N2O3/c1-21-16-8-7-13(17(22-2)18(16)23-3)10-20-9-12-5-4-6-15(19)14(12)11-20/h7-8,12,14-15H,4-6,9-11,19H2,1-3H3. The Labute approximate surface area is 138 Å². The second-order valence-electron chi connectivity index (χ2n) is 6.71. The highest BCUT2D eigenvalue weighted by Crippen LogP contribution is 2.42. The molecule has 1 aliphatic heterocycles. The minimum absolute atomic E-state index is 0.367. The summed E-state index contributed by atoms with van der Waals surface area (Å²) in [7, 11) is 4.97. The van der Waals surface area contributed by atoms with Crippen LogP contribution < -0.4 is 19.9 Å². The molecule has 1 aromatic rings. The molecule has 0 aromatic heterocycles. The Kier molecular flexibility index (Phi) is 4.97. The van der Waals surface area contributed by atoms with Crippen LogP contribution in [0.1, 0.15) is 24.8 Å². The number of fused-ring (bicyclic) bond motifs is 1. The molecule has 0 bridgehead atoms. The third-order valence-corrected chi connectivity index (χ3v) is 5.41. The van der Waals surface area contributed by atoms with E-state index < -0.39 is 0 Å². The van der Waals surface area contributed by atoms with Gasteiger partial charge in [0, 0.05) is 31.2 Å². The summed E-state index contributed by atoms with van der Waals surface area (Å²) >= 11 is 0. The van der Waals surface area contributed by atoms with Crippen LogP contribution in [0, 0.1) is 11.8 Å². The zero-order chi connectivity index (χ0) is 16.4. The molecule has 3 unspecified atom stereocenters. The van der Waals surface area contributed by atoms with Crippen molar-refractivity contribution in [1.29, 1.82) is 0 Å². The van der Waals surface area contributed by atoms with Gasteiger partial charge in [0.25, 0.3) is 0 Å². The zero-order valence-corrected chi connectivity index (χ0v) is 14.4. The normalized spacial score (nSPS) is 27.6. The van der Waals surface area contributed by atoms with Crippen molar-refractivity contribution in [3.8, 4) is 17.2 Å². The number of nitrogens with zero attached hydrogens (tertiary/aromatic N) is 1. The number of ether oxygens (including phenoxy) is 3. The van der Waals surface area contributed by atoms with Crippen LogP contribution in [0.2, 0.25) is 0 Å². The van der Waals surface area contributed by atoms with Gasteiger partial charge in [0.15, 0.2) is 11.5 Å². The highest BCUT2D eigenvalue weighted by molar-refractivity contribution is 5.55. The van der Waals surface area contributed by atoms with Crippen LogP contribution in [0.4, 0.5) is 0 Å². The summed E-state index contributed by atoms with van der Waals surface area (Å²) in [5.74, 6) is 3.54. The van der Waals surface area contributed by atoms with Gasteiger partial charge in [-0.15, -0.1) is 0 Å². The maximum atomic E-state index is 6.33. The molecule has 0 amide bonds. The molecule has 128 valence electrons. The molecule has 2 N–H and O–H groups in total. The third kappa shape index (κ3) is 3.12. The molecule has 1 heterocycles. The van der Waals surface area contributed by atoms with Gasteiger partial charge < -0.3 is 19.9 Å². The fourth-order valence-electron chi connectivity index (χ4n) is 4.27. The van der Waals surface area contributed by atoms with Crippen molar-refractivity contribution in [2.24, 2.45) is 17.6 Å². The van der Waals surface area contributed by atoms with E-state index in [1.54, 1.807) is 21.3 Å². The van der Waals surface area contributed by atoms with Gasteiger partial charge in [0.05, 0.1) is 21.3 Å². The Hall–Kier alpha value is -1.46. The molecule has 0 radical (unpaired) electrons. The third-order valence-electron chi connectivity index (χ3n) is 5.41. The molecule has 0 spiro atoms. The van der Waals surface area contributed by atoms with E-state index in [4.69, 9.17) is 19.9 Å². The van der Waals surface area contributed by atoms with E-state index in [1.165, 1.54) is 19.3 Å². The number of methoxy groups -OCH3 is 3. The minimum atomic E-state index is 0.367. The Morgan fingerprint density at radius 2 is 1.83 bits per heavy atom. The average molecular weight is 320 g/mol. The summed E-state index contributed by atoms with van der Waals surface area (Å²) in [4.78, 5) is 2.50. The topological polar surface area (TPSA) is 57.0 Å². The highest BCUT2D eigenvalue weighted by atomic mass is 16.5. The van der Waals surface area contributed by atoms with Crippen molar-refractivity contribution >= 4 is 0 Å². The summed E-state index contributed by atoms with van der Waals surface area (Å²) in [6, 6.07) is 4.39. The Morgan fingerprint density at radius 3 is 2.48 bits per heavy atom. The molecule has 3 rings (SSSR count). The predicted molar refractivity (Wildman–Crippen MR) is 90.2 cm³/mol. The maximum absolute atomic E-state index is 6.33. The molecule has 23 heavy (non-hydrogen) atoms. The lowest BCUT2D eigenvalue weighted by molar-refractivity contribution is 0.259. The molecule has 1 aromatic carbocycles. The number of nitrogens with two attached hydrogens (primary N) is 1. The van der Waals surface area contributed by atoms with Crippen LogP contribution in [0.25, 0.3) is 0 Å². The molecular weight excluding hydrogens is 292 g/mol. The summed E-state index contributed by atoms with van der Waals surface area (Å²) in [5.41, 5.74) is 7.46. The van der Waals surface area contributed by atoms with Crippen LogP contribution in [-0.2, 0) is 6.54 Å². The van der Waals surface area contributed by atoms with Crippen molar-refractivity contribution in [3.05, 3.63) is 17.7 Å². The molecule has 1 aliphatic carbocycles. The van der Waals surface area contributed by atoms with Gasteiger partial charge in [-0.3, -0.25) is 4.90 Å². The molecule has 1 saturated carbocycles. The Bertz CT molecular complexity index is 549. The van der Waals surface area contributed by atoms with Crippen LogP contribution in [0.5, 0.6) is 17.2 Å². The molecule has 5 nitrogen and oxygen atoms in total. The predicted octanol–water partition coefficient (Wildman–Crippen LogP) is 2.27. The lowest BCUT2D eigenvalue weighted by Crippen LogP contribution is -2.38. The van der Waals surface area contributed by atoms with Gasteiger partial charge in [0.1, 0.15) is 0 Å². The summed E-state index contributed by atoms with van der Waals surface area (Å²) in [6.45, 7) is 3.09. The van der Waals surface area contributed by atoms with E-state index in [9.17, 15) is 0 Å². The summed E-state index contributed by atoms with van der Waals surface area (Å²) in [6.07, 6.45) is 3.77. The molecule has 5 heteroatoms. The molecular formula is C18H28N2O3. The van der Waals surface area contributed by atoms with E-state index in [0.29, 0.717) is 23.5 Å². The van der Waals surface area contributed by atoms with Crippen molar-refractivity contribution in [2.75, 3.05) is 34.4 Å². The van der Waals surface area contributed by atoms with Crippen molar-refractivity contribution < 1.29 is 14.2 Å². The number of rotatable bonds is 5. The number of hydrogen-bond acceptors (Lipinski definition) is 5. The van der Waals surface area contributed by atoms with E-state index in [0.717, 1.165) is 36.9 Å². The SMILES string of the molecule is COc1ccc(CN2CC3CCCC(N)C3C2)c(OC)c1OC. The molecule has 2 aliphatic rings. The van der Waals surface area contributed by atoms with E-state index in [2.05, 4.69) is 11.0 Å². The average Bonchev–Trinajstić information content (AvgIpc) is 2.98. The first-order chi connectivity index (χ1) is 11.2. The zero-order valence-electron chi connectivity index (χ0n) is 14.4. The first kappa shape index (κ1) is 16.4. The number of likely N-dealkylation sites (tertiary alicyclic amines) is 1. The summed E-state index contributed by atoms with van der Waals surface area (Å²) < 4.78 is 16.4. The van der Waals surface area contributed by atoms with Crippen LogP contribution in [0.15, 0.2) is 12.1 Å². The fourth-order valence-corrected chi connectivity index (χ4v) is 4.27. The number of hydrogen-bond donors (Lipinski definition) is 1. The first-order valence-corrected chi connectivity index (χ1v) is 8.43. The van der Waals surface area contributed by atoms with Crippen molar-refractivity contribution in [3.63, 3.8) is 0 Å². The molecule has 3 atom stereocenters. The summed E-state index contributed by atoms with van der Waals surface area (Å²) in [5, 5.41) is 0. The highest BCUT2D eigenvalue weighted by Gasteiger charge is 2.38. The lowest BCUT2D eigenvalue weighted by atomic mass is 9.78. The van der Waals surface area contributed by atoms with Gasteiger partial charge in [-0.2, -0.15) is 0 Å². The smallest absolute Gasteiger partial charge is 0.203 e. The first-order valence-electron chi connectivity index (χ1n) is 8.43. The van der Waals surface area contributed by atoms with Gasteiger partial charge >= 0.3 is 0 Å². The van der Waals surface area contributed by atoms with Gasteiger partial charge in [-0.1, -0.05) is 12.5 Å². The maximum Gasteiger partial charge on any atom is 0.203 e. The van der Waals surface area contributed by atoms with E-state index >= 15 is 0 Å². The van der Waals surface area contributed by atoms with Crippen molar-refractivity contribution in [2.45, 2.75) is 31.8 Å². The van der Waals surface area contributed by atoms with Gasteiger partial charge in [0.2, 0.25) is 5.75 Å². The lowest BCUT2D eigenvalue weighted by Gasteiger charge is -2.29. The van der Waals surface area contributed by atoms with Gasteiger partial charge in [-0.05, 0) is 30.7 Å². The van der Waals surface area contributed by atoms with Gasteiger partial charge in [-0.25, -0.2) is 0 Å². The Morgan fingerprint density at radius 1 is 1.04 bits per heavy atom. The second kappa shape index (κ2) is 6.97. The minimum Gasteiger partial charge on any atom is -0.493 e.